The maximum absolute atomic E-state index is 5.52. The van der Waals surface area contributed by atoms with E-state index >= 15 is 0 Å². The fourth-order valence-corrected chi connectivity index (χ4v) is 4.33. The normalized spacial score (nSPS) is 35.3. The number of rotatable bonds is 6. The lowest BCUT2D eigenvalue weighted by atomic mass is 9.84. The monoisotopic (exact) mass is 295 g/mol. The van der Waals surface area contributed by atoms with Crippen molar-refractivity contribution >= 4 is 0 Å². The summed E-state index contributed by atoms with van der Waals surface area (Å²) in [6.07, 6.45) is 4.11. The molecule has 4 aliphatic heterocycles. The average Bonchev–Trinajstić information content (AvgIpc) is 2.53. The van der Waals surface area contributed by atoms with E-state index in [1.165, 1.54) is 38.9 Å². The molecule has 0 aliphatic carbocycles. The molecule has 4 saturated heterocycles. The van der Waals surface area contributed by atoms with Crippen LogP contribution in [0.3, 0.4) is 0 Å². The molecule has 2 bridgehead atoms. The van der Waals surface area contributed by atoms with Crippen LogP contribution in [0.5, 0.6) is 0 Å². The van der Waals surface area contributed by atoms with Crippen molar-refractivity contribution in [3.63, 3.8) is 0 Å². The third-order valence-corrected chi connectivity index (χ3v) is 5.58. The minimum absolute atomic E-state index is 0.685. The van der Waals surface area contributed by atoms with Crippen LogP contribution in [0.2, 0.25) is 0 Å². The van der Waals surface area contributed by atoms with Gasteiger partial charge in [-0.05, 0) is 44.2 Å². The topological polar surface area (TPSA) is 27.7 Å². The van der Waals surface area contributed by atoms with Crippen LogP contribution in [0.1, 0.15) is 33.1 Å². The van der Waals surface area contributed by atoms with Gasteiger partial charge in [-0.15, -0.1) is 0 Å². The number of piperidine rings is 3. The lowest BCUT2D eigenvalue weighted by molar-refractivity contribution is 0.00816. The second kappa shape index (κ2) is 7.40. The Balaban J connectivity index is 1.51. The van der Waals surface area contributed by atoms with Crippen LogP contribution >= 0.6 is 0 Å². The van der Waals surface area contributed by atoms with Crippen LogP contribution in [0.4, 0.5) is 0 Å². The van der Waals surface area contributed by atoms with Crippen molar-refractivity contribution in [3.8, 4) is 0 Å². The highest BCUT2D eigenvalue weighted by molar-refractivity contribution is 4.92. The molecule has 4 aliphatic rings. The maximum atomic E-state index is 5.52. The van der Waals surface area contributed by atoms with E-state index in [0.717, 1.165) is 50.7 Å². The molecule has 0 aromatic heterocycles. The van der Waals surface area contributed by atoms with Crippen molar-refractivity contribution in [2.75, 3.05) is 52.5 Å². The number of hydrogen-bond acceptors (Lipinski definition) is 4. The molecule has 21 heavy (non-hydrogen) atoms. The van der Waals surface area contributed by atoms with Gasteiger partial charge in [-0.25, -0.2) is 0 Å². The fourth-order valence-electron chi connectivity index (χ4n) is 4.33. The first-order valence-electron chi connectivity index (χ1n) is 9.00. The van der Waals surface area contributed by atoms with Gasteiger partial charge in [0.15, 0.2) is 0 Å². The van der Waals surface area contributed by atoms with Crippen molar-refractivity contribution in [2.45, 2.75) is 45.2 Å². The number of nitrogens with zero attached hydrogens (tertiary/aromatic N) is 2. The summed E-state index contributed by atoms with van der Waals surface area (Å²) in [5.41, 5.74) is 0. The molecule has 4 heterocycles. The molecule has 0 radical (unpaired) electrons. The molecule has 2 unspecified atom stereocenters. The molecule has 0 aromatic carbocycles. The summed E-state index contributed by atoms with van der Waals surface area (Å²) in [5.74, 6) is 1.70. The van der Waals surface area contributed by atoms with Crippen molar-refractivity contribution in [3.05, 3.63) is 0 Å². The minimum Gasteiger partial charge on any atom is -0.379 e. The van der Waals surface area contributed by atoms with Gasteiger partial charge in [0, 0.05) is 38.3 Å². The van der Waals surface area contributed by atoms with Crippen molar-refractivity contribution in [1.82, 2.24) is 15.1 Å². The number of hydrogen-bond donors (Lipinski definition) is 1. The molecule has 4 fully saturated rings. The van der Waals surface area contributed by atoms with Crippen LogP contribution < -0.4 is 5.32 Å². The SMILES string of the molecule is CC(C)CC(CNC1CN2CCC1CC2)N1CCOCC1. The van der Waals surface area contributed by atoms with E-state index in [4.69, 9.17) is 4.74 Å². The lowest BCUT2D eigenvalue weighted by Gasteiger charge is -2.46. The van der Waals surface area contributed by atoms with Gasteiger partial charge >= 0.3 is 0 Å². The largest absolute Gasteiger partial charge is 0.379 e. The summed E-state index contributed by atoms with van der Waals surface area (Å²) in [6, 6.07) is 1.42. The summed E-state index contributed by atoms with van der Waals surface area (Å²) in [4.78, 5) is 5.29. The third-order valence-electron chi connectivity index (χ3n) is 5.58. The highest BCUT2D eigenvalue weighted by Crippen LogP contribution is 2.27. The predicted octanol–water partition coefficient (Wildman–Crippen LogP) is 1.42. The van der Waals surface area contributed by atoms with E-state index in [9.17, 15) is 0 Å². The first-order valence-corrected chi connectivity index (χ1v) is 9.00. The van der Waals surface area contributed by atoms with Gasteiger partial charge in [0.1, 0.15) is 0 Å². The average molecular weight is 295 g/mol. The standard InChI is InChI=1S/C17H33N3O/c1-14(2)11-16(20-7-9-21-10-8-20)12-18-17-13-19-5-3-15(17)4-6-19/h14-18H,3-13H2,1-2H3. The van der Waals surface area contributed by atoms with Gasteiger partial charge in [-0.2, -0.15) is 0 Å². The molecule has 0 saturated carbocycles. The van der Waals surface area contributed by atoms with Gasteiger partial charge in [-0.3, -0.25) is 4.90 Å². The van der Waals surface area contributed by atoms with Gasteiger partial charge in [0.25, 0.3) is 0 Å². The van der Waals surface area contributed by atoms with Gasteiger partial charge in [0.05, 0.1) is 13.2 Å². The second-order valence-electron chi connectivity index (χ2n) is 7.58. The van der Waals surface area contributed by atoms with Gasteiger partial charge < -0.3 is 15.0 Å². The Morgan fingerprint density at radius 3 is 2.38 bits per heavy atom. The molecule has 4 heteroatoms. The minimum atomic E-state index is 0.685. The van der Waals surface area contributed by atoms with E-state index in [2.05, 4.69) is 29.0 Å². The molecule has 122 valence electrons. The summed E-state index contributed by atoms with van der Waals surface area (Å²) in [5, 5.41) is 3.93. The van der Waals surface area contributed by atoms with Gasteiger partial charge in [0.2, 0.25) is 0 Å². The van der Waals surface area contributed by atoms with E-state index in [0.29, 0.717) is 6.04 Å². The first-order chi connectivity index (χ1) is 10.2. The Morgan fingerprint density at radius 2 is 1.81 bits per heavy atom. The zero-order valence-corrected chi connectivity index (χ0v) is 13.9. The molecule has 0 aromatic rings. The number of morpholine rings is 1. The lowest BCUT2D eigenvalue weighted by Crippen LogP contribution is -2.58. The molecular formula is C17H33N3O. The summed E-state index contributed by atoms with van der Waals surface area (Å²) in [6.45, 7) is 13.9. The third kappa shape index (κ3) is 4.19. The molecule has 0 spiro atoms. The molecule has 2 atom stereocenters. The Labute approximate surface area is 130 Å². The quantitative estimate of drug-likeness (QED) is 0.802. The number of fused-ring (bicyclic) bond motifs is 3. The predicted molar refractivity (Wildman–Crippen MR) is 86.6 cm³/mol. The highest BCUT2D eigenvalue weighted by Gasteiger charge is 2.34. The van der Waals surface area contributed by atoms with Gasteiger partial charge in [-0.1, -0.05) is 13.8 Å². The Morgan fingerprint density at radius 1 is 1.10 bits per heavy atom. The van der Waals surface area contributed by atoms with Crippen LogP contribution in [0.15, 0.2) is 0 Å². The Kier molecular flexibility index (Phi) is 5.54. The number of ether oxygens (including phenoxy) is 1. The second-order valence-corrected chi connectivity index (χ2v) is 7.58. The first kappa shape index (κ1) is 15.7. The van der Waals surface area contributed by atoms with Crippen LogP contribution in [-0.4, -0.2) is 74.4 Å². The van der Waals surface area contributed by atoms with E-state index in [-0.39, 0.29) is 0 Å². The number of nitrogens with one attached hydrogen (secondary N) is 1. The molecular weight excluding hydrogens is 262 g/mol. The molecule has 4 nitrogen and oxygen atoms in total. The van der Waals surface area contributed by atoms with Crippen molar-refractivity contribution < 1.29 is 4.74 Å². The highest BCUT2D eigenvalue weighted by atomic mass is 16.5. The molecule has 0 amide bonds. The summed E-state index contributed by atoms with van der Waals surface area (Å²) in [7, 11) is 0. The van der Waals surface area contributed by atoms with E-state index < -0.39 is 0 Å². The maximum Gasteiger partial charge on any atom is 0.0594 e. The van der Waals surface area contributed by atoms with Crippen LogP contribution in [-0.2, 0) is 4.74 Å². The van der Waals surface area contributed by atoms with E-state index in [1.54, 1.807) is 0 Å². The molecule has 1 N–H and O–H groups in total. The summed E-state index contributed by atoms with van der Waals surface area (Å²) >= 11 is 0. The van der Waals surface area contributed by atoms with Crippen molar-refractivity contribution in [2.24, 2.45) is 11.8 Å². The van der Waals surface area contributed by atoms with Crippen LogP contribution in [0.25, 0.3) is 0 Å². The Hall–Kier alpha value is -0.160. The zero-order chi connectivity index (χ0) is 14.7. The smallest absolute Gasteiger partial charge is 0.0594 e. The van der Waals surface area contributed by atoms with E-state index in [1.807, 2.05) is 0 Å². The fraction of sp³-hybridized carbons (Fsp3) is 1.00. The Bertz CT molecular complexity index is 309. The summed E-state index contributed by atoms with van der Waals surface area (Å²) < 4.78 is 5.52. The zero-order valence-electron chi connectivity index (χ0n) is 13.9. The molecule has 4 rings (SSSR count). The van der Waals surface area contributed by atoms with Crippen molar-refractivity contribution in [1.29, 1.82) is 0 Å². The van der Waals surface area contributed by atoms with Crippen LogP contribution in [0, 0.1) is 11.8 Å².